The van der Waals surface area contributed by atoms with Crippen molar-refractivity contribution in [1.29, 1.82) is 0 Å². The van der Waals surface area contributed by atoms with Crippen LogP contribution in [0.15, 0.2) is 18.2 Å². The van der Waals surface area contributed by atoms with E-state index in [0.717, 1.165) is 24.5 Å². The SMILES string of the molecule is CC1COc2ccc(C(Br)C3OCCC3C)cc2OC1. The third-order valence-corrected chi connectivity index (χ3v) is 5.12. The molecule has 0 spiro atoms. The summed E-state index contributed by atoms with van der Waals surface area (Å²) >= 11 is 3.79. The van der Waals surface area contributed by atoms with Crippen LogP contribution in [0.4, 0.5) is 0 Å². The smallest absolute Gasteiger partial charge is 0.161 e. The molecule has 20 heavy (non-hydrogen) atoms. The largest absolute Gasteiger partial charge is 0.489 e. The summed E-state index contributed by atoms with van der Waals surface area (Å²) in [6.07, 6.45) is 1.37. The lowest BCUT2D eigenvalue weighted by Crippen LogP contribution is -2.19. The van der Waals surface area contributed by atoms with Gasteiger partial charge in [0.2, 0.25) is 0 Å². The van der Waals surface area contributed by atoms with Crippen molar-refractivity contribution in [3.8, 4) is 11.5 Å². The van der Waals surface area contributed by atoms with Gasteiger partial charge in [-0.1, -0.05) is 35.8 Å². The van der Waals surface area contributed by atoms with Gasteiger partial charge in [-0.3, -0.25) is 0 Å². The van der Waals surface area contributed by atoms with E-state index in [4.69, 9.17) is 14.2 Å². The summed E-state index contributed by atoms with van der Waals surface area (Å²) < 4.78 is 17.5. The Morgan fingerprint density at radius 2 is 1.90 bits per heavy atom. The maximum absolute atomic E-state index is 5.85. The van der Waals surface area contributed by atoms with Gasteiger partial charge in [0.1, 0.15) is 0 Å². The molecule has 0 radical (unpaired) electrons. The van der Waals surface area contributed by atoms with Crippen LogP contribution in [0.5, 0.6) is 11.5 Å². The summed E-state index contributed by atoms with van der Waals surface area (Å²) in [4.78, 5) is 0.203. The van der Waals surface area contributed by atoms with E-state index in [9.17, 15) is 0 Å². The van der Waals surface area contributed by atoms with Crippen molar-refractivity contribution in [3.05, 3.63) is 23.8 Å². The van der Waals surface area contributed by atoms with Crippen LogP contribution >= 0.6 is 15.9 Å². The molecule has 3 rings (SSSR count). The molecule has 0 saturated carbocycles. The minimum absolute atomic E-state index is 0.203. The molecular weight excluding hydrogens is 320 g/mol. The highest BCUT2D eigenvalue weighted by molar-refractivity contribution is 9.09. The molecule has 2 heterocycles. The quantitative estimate of drug-likeness (QED) is 0.763. The lowest BCUT2D eigenvalue weighted by atomic mass is 9.97. The summed E-state index contributed by atoms with van der Waals surface area (Å²) in [5.41, 5.74) is 1.20. The summed E-state index contributed by atoms with van der Waals surface area (Å²) in [6.45, 7) is 6.66. The first-order valence-electron chi connectivity index (χ1n) is 7.30. The first-order chi connectivity index (χ1) is 9.65. The molecule has 0 N–H and O–H groups in total. The van der Waals surface area contributed by atoms with Gasteiger partial charge in [0, 0.05) is 12.5 Å². The molecule has 110 valence electrons. The highest BCUT2D eigenvalue weighted by Gasteiger charge is 2.32. The van der Waals surface area contributed by atoms with Crippen molar-refractivity contribution in [2.24, 2.45) is 11.8 Å². The molecule has 0 amide bonds. The van der Waals surface area contributed by atoms with E-state index in [1.54, 1.807) is 0 Å². The number of benzene rings is 1. The van der Waals surface area contributed by atoms with E-state index in [2.05, 4.69) is 41.9 Å². The summed E-state index contributed by atoms with van der Waals surface area (Å²) in [6, 6.07) is 6.20. The Hall–Kier alpha value is -0.740. The van der Waals surface area contributed by atoms with E-state index >= 15 is 0 Å². The topological polar surface area (TPSA) is 27.7 Å². The predicted molar refractivity (Wildman–Crippen MR) is 81.8 cm³/mol. The maximum Gasteiger partial charge on any atom is 0.161 e. The zero-order valence-electron chi connectivity index (χ0n) is 12.0. The number of alkyl halides is 1. The minimum Gasteiger partial charge on any atom is -0.489 e. The third-order valence-electron chi connectivity index (χ3n) is 4.07. The number of halogens is 1. The van der Waals surface area contributed by atoms with E-state index in [1.165, 1.54) is 5.56 Å². The Bertz CT molecular complexity index is 477. The van der Waals surface area contributed by atoms with Crippen LogP contribution in [-0.2, 0) is 4.74 Å². The van der Waals surface area contributed by atoms with Crippen LogP contribution in [0.3, 0.4) is 0 Å². The molecule has 4 unspecified atom stereocenters. The molecule has 3 nitrogen and oxygen atoms in total. The van der Waals surface area contributed by atoms with Crippen LogP contribution in [0.2, 0.25) is 0 Å². The van der Waals surface area contributed by atoms with Gasteiger partial charge in [-0.05, 0) is 30.0 Å². The first kappa shape index (κ1) is 14.2. The van der Waals surface area contributed by atoms with Crippen LogP contribution < -0.4 is 9.47 Å². The van der Waals surface area contributed by atoms with Gasteiger partial charge in [0.25, 0.3) is 0 Å². The molecule has 2 aliphatic rings. The summed E-state index contributed by atoms with van der Waals surface area (Å²) in [5.74, 6) is 2.69. The summed E-state index contributed by atoms with van der Waals surface area (Å²) in [5, 5.41) is 0. The van der Waals surface area contributed by atoms with Crippen molar-refractivity contribution in [2.45, 2.75) is 31.2 Å². The fraction of sp³-hybridized carbons (Fsp3) is 0.625. The van der Waals surface area contributed by atoms with E-state index in [0.29, 0.717) is 25.0 Å². The van der Waals surface area contributed by atoms with Crippen molar-refractivity contribution >= 4 is 15.9 Å². The highest BCUT2D eigenvalue weighted by Crippen LogP contribution is 2.40. The average molecular weight is 341 g/mol. The molecule has 0 aromatic heterocycles. The monoisotopic (exact) mass is 340 g/mol. The van der Waals surface area contributed by atoms with Crippen LogP contribution in [0, 0.1) is 11.8 Å². The maximum atomic E-state index is 5.85. The normalized spacial score (nSPS) is 30.9. The second-order valence-electron chi connectivity index (χ2n) is 5.94. The van der Waals surface area contributed by atoms with Gasteiger partial charge in [-0.2, -0.15) is 0 Å². The van der Waals surface area contributed by atoms with E-state index < -0.39 is 0 Å². The van der Waals surface area contributed by atoms with E-state index in [-0.39, 0.29) is 10.9 Å². The number of hydrogen-bond donors (Lipinski definition) is 0. The molecule has 4 heteroatoms. The van der Waals surface area contributed by atoms with Gasteiger partial charge in [0.05, 0.1) is 24.1 Å². The lowest BCUT2D eigenvalue weighted by molar-refractivity contribution is 0.0934. The Morgan fingerprint density at radius 1 is 1.15 bits per heavy atom. The van der Waals surface area contributed by atoms with Crippen molar-refractivity contribution < 1.29 is 14.2 Å². The third kappa shape index (κ3) is 2.82. The fourth-order valence-electron chi connectivity index (χ4n) is 2.72. The highest BCUT2D eigenvalue weighted by atomic mass is 79.9. The fourth-order valence-corrected chi connectivity index (χ4v) is 3.68. The van der Waals surface area contributed by atoms with E-state index in [1.807, 2.05) is 6.07 Å². The molecule has 0 aliphatic carbocycles. The zero-order chi connectivity index (χ0) is 14.1. The molecule has 1 aromatic carbocycles. The number of fused-ring (bicyclic) bond motifs is 1. The molecule has 1 aromatic rings. The average Bonchev–Trinajstić information content (AvgIpc) is 2.79. The molecular formula is C16H21BrO3. The van der Waals surface area contributed by atoms with Gasteiger partial charge < -0.3 is 14.2 Å². The van der Waals surface area contributed by atoms with Gasteiger partial charge >= 0.3 is 0 Å². The molecule has 0 bridgehead atoms. The Labute approximate surface area is 128 Å². The van der Waals surface area contributed by atoms with Crippen molar-refractivity contribution in [3.63, 3.8) is 0 Å². The van der Waals surface area contributed by atoms with Gasteiger partial charge in [0.15, 0.2) is 11.5 Å². The van der Waals surface area contributed by atoms with Gasteiger partial charge in [-0.15, -0.1) is 0 Å². The number of rotatable bonds is 2. The van der Waals surface area contributed by atoms with Crippen molar-refractivity contribution in [1.82, 2.24) is 0 Å². The lowest BCUT2D eigenvalue weighted by Gasteiger charge is -2.22. The predicted octanol–water partition coefficient (Wildman–Crippen LogP) is 3.95. The second kappa shape index (κ2) is 5.94. The minimum atomic E-state index is 0.203. The molecule has 4 atom stereocenters. The molecule has 1 fully saturated rings. The van der Waals surface area contributed by atoms with Gasteiger partial charge in [-0.25, -0.2) is 0 Å². The van der Waals surface area contributed by atoms with Crippen LogP contribution in [-0.4, -0.2) is 25.9 Å². The standard InChI is InChI=1S/C16H21BrO3/c1-10-8-19-13-4-3-12(7-14(13)20-9-10)15(17)16-11(2)5-6-18-16/h3-4,7,10-11,15-16H,5-6,8-9H2,1-2H3. The number of hydrogen-bond acceptors (Lipinski definition) is 3. The Kier molecular flexibility index (Phi) is 4.22. The molecule has 2 aliphatic heterocycles. The Balaban J connectivity index is 1.81. The first-order valence-corrected chi connectivity index (χ1v) is 8.22. The molecule has 1 saturated heterocycles. The van der Waals surface area contributed by atoms with Crippen LogP contribution in [0.1, 0.15) is 30.7 Å². The second-order valence-corrected chi connectivity index (χ2v) is 6.92. The number of ether oxygens (including phenoxy) is 3. The summed E-state index contributed by atoms with van der Waals surface area (Å²) in [7, 11) is 0. The van der Waals surface area contributed by atoms with Crippen molar-refractivity contribution in [2.75, 3.05) is 19.8 Å². The zero-order valence-corrected chi connectivity index (χ0v) is 13.6. The van der Waals surface area contributed by atoms with Crippen LogP contribution in [0.25, 0.3) is 0 Å². The Morgan fingerprint density at radius 3 is 2.60 bits per heavy atom.